The third-order valence-electron chi connectivity index (χ3n) is 7.30. The lowest BCUT2D eigenvalue weighted by Crippen LogP contribution is -2.11. The van der Waals surface area contributed by atoms with Gasteiger partial charge in [0.2, 0.25) is 0 Å². The van der Waals surface area contributed by atoms with E-state index in [1.807, 2.05) is 43.3 Å². The molecular formula is C35H32ClNO2S. The number of hydrogen-bond acceptors (Lipinski definition) is 3. The van der Waals surface area contributed by atoms with E-state index in [1.54, 1.807) is 11.8 Å². The smallest absolute Gasteiger partial charge is 0.303 e. The molecule has 0 unspecified atom stereocenters. The third-order valence-corrected chi connectivity index (χ3v) is 9.00. The number of rotatable bonds is 11. The number of aliphatic carboxylic acids is 1. The Morgan fingerprint density at radius 1 is 1.05 bits per heavy atom. The Hall–Kier alpha value is -3.60. The highest BCUT2D eigenvalue weighted by molar-refractivity contribution is 8.08. The lowest BCUT2D eigenvalue weighted by atomic mass is 9.99. The summed E-state index contributed by atoms with van der Waals surface area (Å²) >= 11 is 7.94. The van der Waals surface area contributed by atoms with Crippen LogP contribution in [0.25, 0.3) is 33.5 Å². The Labute approximate surface area is 245 Å². The number of halogens is 1. The SMILES string of the molecule is C=C(C)c1ccccc1CC=C(SCC1(CC(=O)O)CC1)c1cccc(/C=C/c2ccc3ccc(Cl)cc3n2)c1. The number of aromatic nitrogens is 1. The zero-order valence-electron chi connectivity index (χ0n) is 22.6. The first-order valence-electron chi connectivity index (χ1n) is 13.4. The zero-order chi connectivity index (χ0) is 28.1. The van der Waals surface area contributed by atoms with Crippen molar-refractivity contribution in [3.05, 3.63) is 124 Å². The summed E-state index contributed by atoms with van der Waals surface area (Å²) in [6, 6.07) is 26.7. The maximum absolute atomic E-state index is 11.5. The monoisotopic (exact) mass is 565 g/mol. The standard InChI is InChI=1S/C35H32ClNO2S/c1-24(2)31-9-4-3-7-26(31)13-17-33(40-23-35(18-19-35)22-34(38)39)28-8-5-6-25(20-28)10-15-30-16-12-27-11-14-29(36)21-32(27)37-30/h3-12,14-17,20-21H,1,13,18-19,22-23H2,2H3,(H,38,39)/b15-10+,33-17?. The molecule has 0 aliphatic heterocycles. The molecule has 0 saturated heterocycles. The zero-order valence-corrected chi connectivity index (χ0v) is 24.1. The van der Waals surface area contributed by atoms with Gasteiger partial charge in [0.15, 0.2) is 0 Å². The van der Waals surface area contributed by atoms with Gasteiger partial charge in [-0.05, 0) is 84.2 Å². The van der Waals surface area contributed by atoms with E-state index in [9.17, 15) is 9.90 Å². The lowest BCUT2D eigenvalue weighted by molar-refractivity contribution is -0.138. The Morgan fingerprint density at radius 3 is 2.62 bits per heavy atom. The molecule has 0 atom stereocenters. The molecule has 5 rings (SSSR count). The van der Waals surface area contributed by atoms with Crippen molar-refractivity contribution in [1.82, 2.24) is 4.98 Å². The van der Waals surface area contributed by atoms with Crippen LogP contribution >= 0.6 is 23.4 Å². The van der Waals surface area contributed by atoms with Gasteiger partial charge in [-0.25, -0.2) is 4.98 Å². The number of carboxylic acids is 1. The van der Waals surface area contributed by atoms with Gasteiger partial charge in [0.05, 0.1) is 17.6 Å². The van der Waals surface area contributed by atoms with Crippen LogP contribution in [-0.2, 0) is 11.2 Å². The van der Waals surface area contributed by atoms with Crippen LogP contribution in [0.1, 0.15) is 54.1 Å². The molecule has 5 heteroatoms. The second-order valence-electron chi connectivity index (χ2n) is 10.6. The molecule has 1 heterocycles. The fourth-order valence-corrected chi connectivity index (χ4v) is 6.37. The van der Waals surface area contributed by atoms with Gasteiger partial charge in [0, 0.05) is 21.1 Å². The summed E-state index contributed by atoms with van der Waals surface area (Å²) in [7, 11) is 0. The summed E-state index contributed by atoms with van der Waals surface area (Å²) in [6.45, 7) is 6.19. The highest BCUT2D eigenvalue weighted by Crippen LogP contribution is 2.52. The number of pyridine rings is 1. The molecule has 1 saturated carbocycles. The molecule has 1 aromatic heterocycles. The van der Waals surface area contributed by atoms with Crippen molar-refractivity contribution in [2.45, 2.75) is 32.6 Å². The van der Waals surface area contributed by atoms with Crippen LogP contribution in [0.4, 0.5) is 0 Å². The first-order chi connectivity index (χ1) is 19.3. The van der Waals surface area contributed by atoms with Gasteiger partial charge in [-0.1, -0.05) is 90.5 Å². The molecule has 3 aromatic carbocycles. The van der Waals surface area contributed by atoms with Gasteiger partial charge >= 0.3 is 5.97 Å². The molecular weight excluding hydrogens is 534 g/mol. The number of nitrogens with zero attached hydrogens (tertiary/aromatic N) is 1. The summed E-state index contributed by atoms with van der Waals surface area (Å²) in [6.07, 6.45) is 9.34. The number of hydrogen-bond donors (Lipinski definition) is 1. The van der Waals surface area contributed by atoms with Gasteiger partial charge in [0.1, 0.15) is 0 Å². The Kier molecular flexibility index (Phi) is 8.58. The minimum Gasteiger partial charge on any atom is -0.481 e. The number of carbonyl (C=O) groups is 1. The van der Waals surface area contributed by atoms with Gasteiger partial charge in [-0.15, -0.1) is 11.8 Å². The predicted octanol–water partition coefficient (Wildman–Crippen LogP) is 9.66. The summed E-state index contributed by atoms with van der Waals surface area (Å²) in [4.78, 5) is 17.4. The average Bonchev–Trinajstić information content (AvgIpc) is 3.70. The van der Waals surface area contributed by atoms with Crippen LogP contribution in [0, 0.1) is 5.41 Å². The quantitative estimate of drug-likeness (QED) is 0.197. The summed E-state index contributed by atoms with van der Waals surface area (Å²) in [5.74, 6) is 0.0902. The Balaban J connectivity index is 1.41. The molecule has 1 N–H and O–H groups in total. The summed E-state index contributed by atoms with van der Waals surface area (Å²) < 4.78 is 0. The fraction of sp³-hybridized carbons (Fsp3) is 0.200. The van der Waals surface area contributed by atoms with E-state index in [0.717, 1.165) is 58.3 Å². The largest absolute Gasteiger partial charge is 0.481 e. The Morgan fingerprint density at radius 2 is 1.85 bits per heavy atom. The van der Waals surface area contributed by atoms with Crippen LogP contribution in [0.15, 0.2) is 91.5 Å². The van der Waals surface area contributed by atoms with Crippen molar-refractivity contribution >= 4 is 62.9 Å². The molecule has 0 radical (unpaired) electrons. The molecule has 4 aromatic rings. The molecule has 3 nitrogen and oxygen atoms in total. The molecule has 1 aliphatic rings. The number of thioether (sulfide) groups is 1. The maximum atomic E-state index is 11.5. The summed E-state index contributed by atoms with van der Waals surface area (Å²) in [5.41, 5.74) is 7.31. The third kappa shape index (κ3) is 7.12. The average molecular weight is 566 g/mol. The first-order valence-corrected chi connectivity index (χ1v) is 14.8. The topological polar surface area (TPSA) is 50.2 Å². The first kappa shape index (κ1) is 27.9. The van der Waals surface area contributed by atoms with Crippen molar-refractivity contribution in [2.24, 2.45) is 5.41 Å². The maximum Gasteiger partial charge on any atom is 0.303 e. The van der Waals surface area contributed by atoms with Gasteiger partial charge < -0.3 is 5.11 Å². The second-order valence-corrected chi connectivity index (χ2v) is 12.1. The van der Waals surface area contributed by atoms with E-state index >= 15 is 0 Å². The van der Waals surface area contributed by atoms with Crippen molar-refractivity contribution in [1.29, 1.82) is 0 Å². The highest BCUT2D eigenvalue weighted by atomic mass is 35.5. The van der Waals surface area contributed by atoms with E-state index in [4.69, 9.17) is 16.6 Å². The van der Waals surface area contributed by atoms with Crippen LogP contribution in [-0.4, -0.2) is 21.8 Å². The van der Waals surface area contributed by atoms with Crippen molar-refractivity contribution in [2.75, 3.05) is 5.75 Å². The highest BCUT2D eigenvalue weighted by Gasteiger charge is 2.44. The van der Waals surface area contributed by atoms with Gasteiger partial charge in [-0.3, -0.25) is 4.79 Å². The number of allylic oxidation sites excluding steroid dienone is 2. The fourth-order valence-electron chi connectivity index (χ4n) is 4.85. The lowest BCUT2D eigenvalue weighted by Gasteiger charge is -2.15. The number of fused-ring (bicyclic) bond motifs is 1. The molecule has 1 aliphatic carbocycles. The van der Waals surface area contributed by atoms with E-state index in [2.05, 4.69) is 67.3 Å². The van der Waals surface area contributed by atoms with Crippen molar-refractivity contribution < 1.29 is 9.90 Å². The normalized spacial score (nSPS) is 14.5. The van der Waals surface area contributed by atoms with Crippen LogP contribution in [0.5, 0.6) is 0 Å². The van der Waals surface area contributed by atoms with Gasteiger partial charge in [0.25, 0.3) is 0 Å². The molecule has 0 amide bonds. The van der Waals surface area contributed by atoms with Crippen LogP contribution in [0.3, 0.4) is 0 Å². The van der Waals surface area contributed by atoms with Crippen molar-refractivity contribution in [3.63, 3.8) is 0 Å². The number of carboxylic acid groups (broad SMARTS) is 1. The predicted molar refractivity (Wildman–Crippen MR) is 171 cm³/mol. The second kappa shape index (κ2) is 12.3. The van der Waals surface area contributed by atoms with Crippen LogP contribution < -0.4 is 0 Å². The molecule has 202 valence electrons. The molecule has 0 bridgehead atoms. The Bertz CT molecular complexity index is 1630. The van der Waals surface area contributed by atoms with E-state index < -0.39 is 5.97 Å². The number of benzene rings is 3. The van der Waals surface area contributed by atoms with Crippen molar-refractivity contribution in [3.8, 4) is 0 Å². The minimum atomic E-state index is -0.712. The molecule has 40 heavy (non-hydrogen) atoms. The summed E-state index contributed by atoms with van der Waals surface area (Å²) in [5, 5.41) is 11.1. The molecule has 1 fully saturated rings. The van der Waals surface area contributed by atoms with Crippen LogP contribution in [0.2, 0.25) is 5.02 Å². The minimum absolute atomic E-state index is 0.0899. The van der Waals surface area contributed by atoms with E-state index in [0.29, 0.717) is 5.02 Å². The van der Waals surface area contributed by atoms with Gasteiger partial charge in [-0.2, -0.15) is 0 Å². The molecule has 0 spiro atoms. The van der Waals surface area contributed by atoms with E-state index in [-0.39, 0.29) is 11.8 Å². The van der Waals surface area contributed by atoms with E-state index in [1.165, 1.54) is 16.0 Å².